The first-order valence-electron chi connectivity index (χ1n) is 13.0. The molecule has 4 aromatic carbocycles. The van der Waals surface area contributed by atoms with E-state index < -0.39 is 11.6 Å². The third-order valence-electron chi connectivity index (χ3n) is 6.34. The number of carbonyl (C=O) groups excluding carboxylic acids is 2. The van der Waals surface area contributed by atoms with Crippen molar-refractivity contribution in [2.45, 2.75) is 52.2 Å². The SMILES string of the molecule is Cc1ccc(CN(C(=O)COc2cccc3ccccc23)[C@@H](Cc2ccccc2)C(=O)NC(C)(C)C)cc1. The zero-order chi connectivity index (χ0) is 27.1. The van der Waals surface area contributed by atoms with E-state index in [1.807, 2.05) is 125 Å². The van der Waals surface area contributed by atoms with Gasteiger partial charge in [-0.15, -0.1) is 0 Å². The van der Waals surface area contributed by atoms with Crippen molar-refractivity contribution in [3.63, 3.8) is 0 Å². The second-order valence-corrected chi connectivity index (χ2v) is 10.7. The van der Waals surface area contributed by atoms with Gasteiger partial charge in [0.1, 0.15) is 11.8 Å². The lowest BCUT2D eigenvalue weighted by Crippen LogP contribution is -2.55. The number of benzene rings is 4. The minimum Gasteiger partial charge on any atom is -0.483 e. The molecule has 1 atom stereocenters. The Balaban J connectivity index is 1.65. The Morgan fingerprint density at radius 1 is 0.816 bits per heavy atom. The van der Waals surface area contributed by atoms with E-state index in [1.165, 1.54) is 0 Å². The molecule has 4 aromatic rings. The molecule has 0 radical (unpaired) electrons. The molecule has 5 heteroatoms. The molecule has 1 N–H and O–H groups in total. The molecule has 0 aliphatic heterocycles. The van der Waals surface area contributed by atoms with Crippen molar-refractivity contribution < 1.29 is 14.3 Å². The fourth-order valence-corrected chi connectivity index (χ4v) is 4.44. The van der Waals surface area contributed by atoms with Crippen LogP contribution in [0.4, 0.5) is 0 Å². The van der Waals surface area contributed by atoms with E-state index in [9.17, 15) is 9.59 Å². The fourth-order valence-electron chi connectivity index (χ4n) is 4.44. The van der Waals surface area contributed by atoms with Gasteiger partial charge in [0.2, 0.25) is 5.91 Å². The molecular weight excluding hydrogens is 472 g/mol. The lowest BCUT2D eigenvalue weighted by atomic mass is 10.0. The summed E-state index contributed by atoms with van der Waals surface area (Å²) in [6.45, 7) is 7.99. The monoisotopic (exact) mass is 508 g/mol. The summed E-state index contributed by atoms with van der Waals surface area (Å²) in [5.74, 6) is 0.209. The van der Waals surface area contributed by atoms with Crippen molar-refractivity contribution in [3.8, 4) is 5.75 Å². The topological polar surface area (TPSA) is 58.6 Å². The molecule has 0 saturated heterocycles. The van der Waals surface area contributed by atoms with Crippen molar-refractivity contribution in [1.29, 1.82) is 0 Å². The van der Waals surface area contributed by atoms with Crippen LogP contribution in [-0.4, -0.2) is 34.9 Å². The molecule has 0 saturated carbocycles. The van der Waals surface area contributed by atoms with Crippen LogP contribution < -0.4 is 10.1 Å². The van der Waals surface area contributed by atoms with Gasteiger partial charge in [0, 0.05) is 23.9 Å². The average Bonchev–Trinajstić information content (AvgIpc) is 2.90. The summed E-state index contributed by atoms with van der Waals surface area (Å²) < 4.78 is 6.08. The standard InChI is InChI=1S/C33H36N2O3/c1-24-17-19-26(20-18-24)22-35(29(32(37)34-33(2,3)4)21-25-11-6-5-7-12-25)31(36)23-38-30-16-10-14-27-13-8-9-15-28(27)30/h5-20,29H,21-23H2,1-4H3,(H,34,37)/t29-/m0/s1. The molecular formula is C33H36N2O3. The van der Waals surface area contributed by atoms with Gasteiger partial charge in [0.15, 0.2) is 6.61 Å². The maximum absolute atomic E-state index is 13.8. The lowest BCUT2D eigenvalue weighted by Gasteiger charge is -2.33. The number of amides is 2. The Hall–Kier alpha value is -4.12. The smallest absolute Gasteiger partial charge is 0.261 e. The maximum atomic E-state index is 13.8. The molecule has 2 amide bonds. The van der Waals surface area contributed by atoms with Gasteiger partial charge in [0.05, 0.1) is 0 Å². The van der Waals surface area contributed by atoms with Crippen molar-refractivity contribution >= 4 is 22.6 Å². The Bertz CT molecular complexity index is 1370. The predicted molar refractivity (Wildman–Crippen MR) is 153 cm³/mol. The first kappa shape index (κ1) is 26.9. The number of hydrogen-bond acceptors (Lipinski definition) is 3. The zero-order valence-corrected chi connectivity index (χ0v) is 22.6. The molecule has 0 fully saturated rings. The molecule has 4 rings (SSSR count). The zero-order valence-electron chi connectivity index (χ0n) is 22.6. The van der Waals surface area contributed by atoms with Crippen LogP contribution in [0.15, 0.2) is 97.1 Å². The number of nitrogens with zero attached hydrogens (tertiary/aromatic N) is 1. The highest BCUT2D eigenvalue weighted by Gasteiger charge is 2.32. The van der Waals surface area contributed by atoms with Gasteiger partial charge in [0.25, 0.3) is 5.91 Å². The summed E-state index contributed by atoms with van der Waals surface area (Å²) in [7, 11) is 0. The van der Waals surface area contributed by atoms with Crippen LogP contribution in [0, 0.1) is 6.92 Å². The maximum Gasteiger partial charge on any atom is 0.261 e. The lowest BCUT2D eigenvalue weighted by molar-refractivity contribution is -0.143. The van der Waals surface area contributed by atoms with Gasteiger partial charge >= 0.3 is 0 Å². The third-order valence-corrected chi connectivity index (χ3v) is 6.34. The van der Waals surface area contributed by atoms with Crippen LogP contribution in [0.25, 0.3) is 10.8 Å². The first-order chi connectivity index (χ1) is 18.2. The number of carbonyl (C=O) groups is 2. The molecule has 0 aliphatic carbocycles. The van der Waals surface area contributed by atoms with Crippen LogP contribution in [0.3, 0.4) is 0 Å². The van der Waals surface area contributed by atoms with Crippen LogP contribution in [-0.2, 0) is 22.6 Å². The normalized spacial score (nSPS) is 12.1. The number of rotatable bonds is 9. The molecule has 0 aromatic heterocycles. The molecule has 0 unspecified atom stereocenters. The quantitative estimate of drug-likeness (QED) is 0.298. The Morgan fingerprint density at radius 3 is 2.18 bits per heavy atom. The second kappa shape index (κ2) is 12.0. The molecule has 0 heterocycles. The highest BCUT2D eigenvalue weighted by Crippen LogP contribution is 2.25. The molecule has 0 spiro atoms. The Kier molecular flexibility index (Phi) is 8.47. The van der Waals surface area contributed by atoms with Crippen LogP contribution in [0.1, 0.15) is 37.5 Å². The molecule has 38 heavy (non-hydrogen) atoms. The number of aryl methyl sites for hydroxylation is 1. The van der Waals surface area contributed by atoms with E-state index in [-0.39, 0.29) is 18.4 Å². The van der Waals surface area contributed by atoms with Crippen molar-refractivity contribution in [2.24, 2.45) is 0 Å². The van der Waals surface area contributed by atoms with Gasteiger partial charge in [-0.1, -0.05) is 96.6 Å². The highest BCUT2D eigenvalue weighted by atomic mass is 16.5. The van der Waals surface area contributed by atoms with Gasteiger partial charge in [-0.2, -0.15) is 0 Å². The van der Waals surface area contributed by atoms with Gasteiger partial charge in [-0.3, -0.25) is 9.59 Å². The van der Waals surface area contributed by atoms with Gasteiger partial charge < -0.3 is 15.0 Å². The van der Waals surface area contributed by atoms with E-state index in [0.29, 0.717) is 18.7 Å². The Labute approximate surface area is 225 Å². The number of ether oxygens (including phenoxy) is 1. The van der Waals surface area contributed by atoms with Gasteiger partial charge in [-0.05, 0) is 50.3 Å². The van der Waals surface area contributed by atoms with E-state index in [1.54, 1.807) is 4.90 Å². The second-order valence-electron chi connectivity index (χ2n) is 10.7. The van der Waals surface area contributed by atoms with Crippen molar-refractivity contribution in [2.75, 3.05) is 6.61 Å². The third kappa shape index (κ3) is 7.22. The minimum absolute atomic E-state index is 0.173. The van der Waals surface area contributed by atoms with Crippen molar-refractivity contribution in [3.05, 3.63) is 114 Å². The van der Waals surface area contributed by atoms with E-state index >= 15 is 0 Å². The van der Waals surface area contributed by atoms with Crippen molar-refractivity contribution in [1.82, 2.24) is 10.2 Å². The summed E-state index contributed by atoms with van der Waals surface area (Å²) in [6, 6.07) is 30.9. The van der Waals surface area contributed by atoms with Gasteiger partial charge in [-0.25, -0.2) is 0 Å². The molecule has 5 nitrogen and oxygen atoms in total. The fraction of sp³-hybridized carbons (Fsp3) is 0.273. The van der Waals surface area contributed by atoms with E-state index in [2.05, 4.69) is 5.32 Å². The van der Waals surface area contributed by atoms with E-state index in [4.69, 9.17) is 4.74 Å². The highest BCUT2D eigenvalue weighted by molar-refractivity contribution is 5.90. The van der Waals surface area contributed by atoms with E-state index in [0.717, 1.165) is 27.5 Å². The minimum atomic E-state index is -0.707. The molecule has 196 valence electrons. The summed E-state index contributed by atoms with van der Waals surface area (Å²) in [4.78, 5) is 29.2. The summed E-state index contributed by atoms with van der Waals surface area (Å²) in [5.41, 5.74) is 2.63. The van der Waals surface area contributed by atoms with Crippen LogP contribution in [0.2, 0.25) is 0 Å². The first-order valence-corrected chi connectivity index (χ1v) is 13.0. The largest absolute Gasteiger partial charge is 0.483 e. The van der Waals surface area contributed by atoms with Crippen LogP contribution >= 0.6 is 0 Å². The number of fused-ring (bicyclic) bond motifs is 1. The average molecular weight is 509 g/mol. The predicted octanol–water partition coefficient (Wildman–Crippen LogP) is 6.08. The number of hydrogen-bond donors (Lipinski definition) is 1. The molecule has 0 aliphatic rings. The summed E-state index contributed by atoms with van der Waals surface area (Å²) in [6.07, 6.45) is 0.397. The number of nitrogens with one attached hydrogen (secondary N) is 1. The summed E-state index contributed by atoms with van der Waals surface area (Å²) in [5, 5.41) is 5.08. The summed E-state index contributed by atoms with van der Waals surface area (Å²) >= 11 is 0. The Morgan fingerprint density at radius 2 is 1.47 bits per heavy atom. The molecule has 0 bridgehead atoms. The van der Waals surface area contributed by atoms with Crippen LogP contribution in [0.5, 0.6) is 5.75 Å².